The zero-order valence-corrected chi connectivity index (χ0v) is 18.7. The third-order valence-electron chi connectivity index (χ3n) is 4.10. The Bertz CT molecular complexity index is 412. The molecule has 0 heterocycles. The van der Waals surface area contributed by atoms with E-state index in [2.05, 4.69) is 20.1 Å². The van der Waals surface area contributed by atoms with Crippen molar-refractivity contribution < 1.29 is 9.59 Å². The minimum atomic E-state index is -0.423. The van der Waals surface area contributed by atoms with Crippen LogP contribution in [-0.2, 0) is 9.59 Å². The molecule has 0 saturated heterocycles. The lowest BCUT2D eigenvalue weighted by atomic mass is 9.89. The smallest absolute Gasteiger partial charge is 0.140 e. The number of hydrogen-bond acceptors (Lipinski definition) is 6. The Balaban J connectivity index is 3.94. The monoisotopic (exact) mass is 406 g/mol. The van der Waals surface area contributed by atoms with Gasteiger partial charge in [-0.1, -0.05) is 62.3 Å². The summed E-state index contributed by atoms with van der Waals surface area (Å²) < 4.78 is 0. The molecule has 0 bridgehead atoms. The van der Waals surface area contributed by atoms with Gasteiger partial charge in [0.2, 0.25) is 0 Å². The first kappa shape index (κ1) is 24.2. The van der Waals surface area contributed by atoms with Gasteiger partial charge in [0.1, 0.15) is 11.6 Å². The van der Waals surface area contributed by atoms with Crippen LogP contribution in [0.4, 0.5) is 0 Å². The van der Waals surface area contributed by atoms with Crippen LogP contribution in [-0.4, -0.2) is 34.6 Å². The lowest BCUT2D eigenvalue weighted by Crippen LogP contribution is -2.25. The molecule has 2 nitrogen and oxygen atoms in total. The molecule has 138 valence electrons. The fourth-order valence-corrected chi connectivity index (χ4v) is 7.59. The van der Waals surface area contributed by atoms with E-state index in [1.807, 2.05) is 35.4 Å². The number of Topliss-reactive ketones (excluding diaryl/α,β-unsaturated/α-hetero) is 2. The third-order valence-corrected chi connectivity index (χ3v) is 9.80. The van der Waals surface area contributed by atoms with Crippen LogP contribution in [0.25, 0.3) is 0 Å². The second-order valence-corrected chi connectivity index (χ2v) is 11.6. The molecule has 0 radical (unpaired) electrons. The maximum atomic E-state index is 11.6. The van der Waals surface area contributed by atoms with Gasteiger partial charge in [0.05, 0.1) is 10.8 Å². The first-order chi connectivity index (χ1) is 11.1. The quantitative estimate of drug-likeness (QED) is 0.201. The van der Waals surface area contributed by atoms with Gasteiger partial charge in [0.15, 0.2) is 0 Å². The Labute approximate surface area is 163 Å². The second-order valence-electron chi connectivity index (χ2n) is 6.55. The molecule has 2 atom stereocenters. The Morgan fingerprint density at radius 2 is 1.21 bits per heavy atom. The SMILES string of the molecule is C=CC(C)(CSSCC(C)CSSCC(C)(C=C)C(C)=O)C(C)=O. The van der Waals surface area contributed by atoms with Crippen molar-refractivity contribution >= 4 is 54.7 Å². The predicted octanol–water partition coefficient (Wildman–Crippen LogP) is 5.95. The first-order valence-electron chi connectivity index (χ1n) is 7.89. The number of rotatable bonds is 14. The predicted molar refractivity (Wildman–Crippen MR) is 117 cm³/mol. The van der Waals surface area contributed by atoms with Crippen LogP contribution in [0.2, 0.25) is 0 Å². The van der Waals surface area contributed by atoms with E-state index >= 15 is 0 Å². The minimum absolute atomic E-state index is 0.168. The average molecular weight is 407 g/mol. The van der Waals surface area contributed by atoms with Gasteiger partial charge in [-0.05, 0) is 33.6 Å². The lowest BCUT2D eigenvalue weighted by Gasteiger charge is -2.22. The summed E-state index contributed by atoms with van der Waals surface area (Å²) >= 11 is 0. The summed E-state index contributed by atoms with van der Waals surface area (Å²) in [6.45, 7) is 16.9. The van der Waals surface area contributed by atoms with Crippen LogP contribution in [0.15, 0.2) is 25.3 Å². The summed E-state index contributed by atoms with van der Waals surface area (Å²) in [5.74, 6) is 4.55. The number of carbonyl (C=O) groups excluding carboxylic acids is 2. The van der Waals surface area contributed by atoms with E-state index < -0.39 is 10.8 Å². The van der Waals surface area contributed by atoms with Gasteiger partial charge in [0, 0.05) is 23.0 Å². The number of ketones is 2. The maximum Gasteiger partial charge on any atom is 0.140 e. The minimum Gasteiger partial charge on any atom is -0.299 e. The van der Waals surface area contributed by atoms with Crippen molar-refractivity contribution in [1.29, 1.82) is 0 Å². The molecule has 0 fully saturated rings. The Morgan fingerprint density at radius 1 is 0.875 bits per heavy atom. The van der Waals surface area contributed by atoms with Crippen molar-refractivity contribution in [2.45, 2.75) is 34.6 Å². The van der Waals surface area contributed by atoms with Gasteiger partial charge in [-0.25, -0.2) is 0 Å². The third kappa shape index (κ3) is 8.54. The molecule has 0 amide bonds. The Hall–Kier alpha value is 0.220. The molecule has 0 aromatic carbocycles. The zero-order valence-electron chi connectivity index (χ0n) is 15.4. The highest BCUT2D eigenvalue weighted by Gasteiger charge is 2.27. The van der Waals surface area contributed by atoms with Crippen molar-refractivity contribution in [2.75, 3.05) is 23.0 Å². The van der Waals surface area contributed by atoms with E-state index in [9.17, 15) is 9.59 Å². The van der Waals surface area contributed by atoms with Crippen LogP contribution >= 0.6 is 43.2 Å². The summed E-state index contributed by atoms with van der Waals surface area (Å²) in [7, 11) is 7.12. The van der Waals surface area contributed by atoms with Gasteiger partial charge >= 0.3 is 0 Å². The molecule has 0 N–H and O–H groups in total. The van der Waals surface area contributed by atoms with Gasteiger partial charge in [-0.15, -0.1) is 13.2 Å². The van der Waals surface area contributed by atoms with Crippen molar-refractivity contribution in [3.05, 3.63) is 25.3 Å². The molecule has 6 heteroatoms. The molecule has 0 saturated carbocycles. The first-order valence-corrected chi connectivity index (χ1v) is 12.9. The molecule has 0 aliphatic rings. The topological polar surface area (TPSA) is 34.1 Å². The van der Waals surface area contributed by atoms with Crippen LogP contribution in [0.1, 0.15) is 34.6 Å². The van der Waals surface area contributed by atoms with Gasteiger partial charge in [-0.3, -0.25) is 9.59 Å². The molecule has 2 unspecified atom stereocenters. The molecular formula is C18H30O2S4. The fraction of sp³-hybridized carbons (Fsp3) is 0.667. The summed E-state index contributed by atoms with van der Waals surface area (Å²) in [5.41, 5.74) is -0.847. The normalized spacial score (nSPS) is 17.4. The Kier molecular flexibility index (Phi) is 11.9. The molecule has 0 aromatic rings. The van der Waals surface area contributed by atoms with Crippen molar-refractivity contribution in [2.24, 2.45) is 16.7 Å². The number of hydrogen-bond donors (Lipinski definition) is 0. The van der Waals surface area contributed by atoms with E-state index in [1.54, 1.807) is 47.6 Å². The van der Waals surface area contributed by atoms with Crippen LogP contribution in [0.5, 0.6) is 0 Å². The van der Waals surface area contributed by atoms with Crippen LogP contribution in [0, 0.1) is 16.7 Å². The highest BCUT2D eigenvalue weighted by atomic mass is 33.1. The van der Waals surface area contributed by atoms with Gasteiger partial charge in [-0.2, -0.15) is 0 Å². The van der Waals surface area contributed by atoms with Crippen molar-refractivity contribution in [3.8, 4) is 0 Å². The van der Waals surface area contributed by atoms with Crippen molar-refractivity contribution in [1.82, 2.24) is 0 Å². The number of carbonyl (C=O) groups is 2. The standard InChI is InChI=1S/C18H30O2S4/c1-8-17(6,15(4)19)12-23-21-10-14(3)11-22-24-13-18(7,9-2)16(5)20/h8-9,14H,1-2,10-13H2,3-7H3. The van der Waals surface area contributed by atoms with E-state index in [1.165, 1.54) is 0 Å². The molecule has 0 aliphatic heterocycles. The van der Waals surface area contributed by atoms with Gasteiger partial charge in [0.25, 0.3) is 0 Å². The van der Waals surface area contributed by atoms with E-state index in [-0.39, 0.29) is 11.6 Å². The summed E-state index contributed by atoms with van der Waals surface area (Å²) in [5, 5.41) is 0. The summed E-state index contributed by atoms with van der Waals surface area (Å²) in [6.07, 6.45) is 3.51. The largest absolute Gasteiger partial charge is 0.299 e. The number of allylic oxidation sites excluding steroid dienone is 2. The molecular weight excluding hydrogens is 376 g/mol. The highest BCUT2D eigenvalue weighted by Crippen LogP contribution is 2.36. The fourth-order valence-electron chi connectivity index (χ4n) is 1.31. The van der Waals surface area contributed by atoms with Crippen LogP contribution in [0.3, 0.4) is 0 Å². The molecule has 0 aromatic heterocycles. The lowest BCUT2D eigenvalue weighted by molar-refractivity contribution is -0.123. The van der Waals surface area contributed by atoms with Crippen molar-refractivity contribution in [3.63, 3.8) is 0 Å². The van der Waals surface area contributed by atoms with E-state index in [0.29, 0.717) is 5.92 Å². The maximum absolute atomic E-state index is 11.6. The van der Waals surface area contributed by atoms with E-state index in [4.69, 9.17) is 0 Å². The Morgan fingerprint density at radius 3 is 1.46 bits per heavy atom. The molecule has 0 spiro atoms. The summed E-state index contributed by atoms with van der Waals surface area (Å²) in [6, 6.07) is 0. The molecule has 24 heavy (non-hydrogen) atoms. The zero-order chi connectivity index (χ0) is 18.8. The highest BCUT2D eigenvalue weighted by molar-refractivity contribution is 8.77. The second kappa shape index (κ2) is 11.8. The average Bonchev–Trinajstić information content (AvgIpc) is 2.54. The van der Waals surface area contributed by atoms with Crippen LogP contribution < -0.4 is 0 Å². The van der Waals surface area contributed by atoms with E-state index in [0.717, 1.165) is 23.0 Å². The molecule has 0 aliphatic carbocycles. The molecule has 0 rings (SSSR count). The summed E-state index contributed by atoms with van der Waals surface area (Å²) in [4.78, 5) is 23.2. The van der Waals surface area contributed by atoms with Gasteiger partial charge < -0.3 is 0 Å².